The average molecular weight is 839 g/mol. The summed E-state index contributed by atoms with van der Waals surface area (Å²) >= 11 is 0. The van der Waals surface area contributed by atoms with Crippen LogP contribution in [0, 0.1) is 0 Å². The van der Waals surface area contributed by atoms with Gasteiger partial charge in [0.1, 0.15) is 0 Å². The normalized spacial score (nSPS) is 11.6. The number of anilines is 3. The van der Waals surface area contributed by atoms with Gasteiger partial charge in [0.05, 0.1) is 33.8 Å². The van der Waals surface area contributed by atoms with Gasteiger partial charge in [-0.2, -0.15) is 0 Å². The second-order valence-electron chi connectivity index (χ2n) is 17.2. The van der Waals surface area contributed by atoms with Crippen molar-refractivity contribution in [1.82, 2.24) is 4.57 Å². The fourth-order valence-corrected chi connectivity index (χ4v) is 10.7. The van der Waals surface area contributed by atoms with E-state index in [2.05, 4.69) is 264 Å². The van der Waals surface area contributed by atoms with Gasteiger partial charge in [0.2, 0.25) is 0 Å². The molecule has 1 aromatic heterocycles. The Bertz CT molecular complexity index is 3610. The number of para-hydroxylation sites is 4. The highest BCUT2D eigenvalue weighted by Gasteiger charge is 2.29. The molecule has 2 nitrogen and oxygen atoms in total. The van der Waals surface area contributed by atoms with Gasteiger partial charge in [-0.15, -0.1) is 0 Å². The number of hydrogen-bond donors (Lipinski definition) is 0. The lowest BCUT2D eigenvalue weighted by Gasteiger charge is -2.35. The molecule has 308 valence electrons. The van der Waals surface area contributed by atoms with Crippen LogP contribution in [-0.2, 0) is 0 Å². The molecule has 0 aliphatic heterocycles. The Morgan fingerprint density at radius 3 is 1.08 bits per heavy atom. The lowest BCUT2D eigenvalue weighted by molar-refractivity contribution is 1.20. The van der Waals surface area contributed by atoms with Crippen LogP contribution < -0.4 is 4.90 Å². The highest BCUT2D eigenvalue weighted by Crippen LogP contribution is 2.54. The van der Waals surface area contributed by atoms with Crippen molar-refractivity contribution in [1.29, 1.82) is 0 Å². The van der Waals surface area contributed by atoms with Gasteiger partial charge >= 0.3 is 0 Å². The summed E-state index contributed by atoms with van der Waals surface area (Å²) in [6.45, 7) is 0. The van der Waals surface area contributed by atoms with Crippen molar-refractivity contribution >= 4 is 71.2 Å². The molecular weight excluding hydrogens is 797 g/mol. The first-order valence-electron chi connectivity index (χ1n) is 22.8. The van der Waals surface area contributed by atoms with Gasteiger partial charge in [-0.1, -0.05) is 231 Å². The van der Waals surface area contributed by atoms with Crippen molar-refractivity contribution in [2.45, 2.75) is 0 Å². The van der Waals surface area contributed by atoms with E-state index in [-0.39, 0.29) is 0 Å². The molecule has 13 rings (SSSR count). The van der Waals surface area contributed by atoms with E-state index in [0.29, 0.717) is 0 Å². The molecule has 0 atom stereocenters. The first-order chi connectivity index (χ1) is 32.8. The Kier molecular flexibility index (Phi) is 8.89. The van der Waals surface area contributed by atoms with Crippen LogP contribution in [0.4, 0.5) is 17.1 Å². The minimum Gasteiger partial charge on any atom is -0.309 e. The van der Waals surface area contributed by atoms with E-state index >= 15 is 0 Å². The maximum Gasteiger partial charge on any atom is 0.0619 e. The van der Waals surface area contributed by atoms with Crippen molar-refractivity contribution in [3.8, 4) is 50.2 Å². The number of aromatic nitrogens is 1. The Hall–Kier alpha value is -8.72. The van der Waals surface area contributed by atoms with Crippen molar-refractivity contribution in [2.24, 2.45) is 0 Å². The van der Waals surface area contributed by atoms with E-state index in [4.69, 9.17) is 0 Å². The lowest BCUT2D eigenvalue weighted by Crippen LogP contribution is -2.15. The number of nitrogens with zero attached hydrogens (tertiary/aromatic N) is 2. The van der Waals surface area contributed by atoms with Gasteiger partial charge in [-0.25, -0.2) is 0 Å². The third-order valence-corrected chi connectivity index (χ3v) is 13.5. The van der Waals surface area contributed by atoms with E-state index in [0.717, 1.165) is 61.6 Å². The molecule has 0 saturated carbocycles. The Balaban J connectivity index is 1.19. The van der Waals surface area contributed by atoms with Crippen molar-refractivity contribution in [3.05, 3.63) is 255 Å². The summed E-state index contributed by atoms with van der Waals surface area (Å²) in [4.78, 5) is 2.61. The molecule has 0 N–H and O–H groups in total. The van der Waals surface area contributed by atoms with Crippen LogP contribution in [-0.4, -0.2) is 4.57 Å². The summed E-state index contributed by atoms with van der Waals surface area (Å²) in [5, 5.41) is 9.89. The lowest BCUT2D eigenvalue weighted by atomic mass is 9.89. The first kappa shape index (κ1) is 37.8. The molecule has 0 saturated heterocycles. The summed E-state index contributed by atoms with van der Waals surface area (Å²) in [6, 6.07) is 93.5. The molecule has 13 aromatic rings. The molecule has 2 heteroatoms. The molecule has 0 amide bonds. The van der Waals surface area contributed by atoms with Crippen LogP contribution in [0.25, 0.3) is 104 Å². The molecule has 12 aromatic carbocycles. The topological polar surface area (TPSA) is 8.17 Å². The van der Waals surface area contributed by atoms with E-state index < -0.39 is 0 Å². The second-order valence-corrected chi connectivity index (χ2v) is 17.2. The van der Waals surface area contributed by atoms with E-state index in [9.17, 15) is 0 Å². The highest BCUT2D eigenvalue weighted by molar-refractivity contribution is 6.28. The smallest absolute Gasteiger partial charge is 0.0619 e. The quantitative estimate of drug-likeness (QED) is 0.138. The van der Waals surface area contributed by atoms with Gasteiger partial charge in [-0.05, 0) is 68.1 Å². The Labute approximate surface area is 383 Å². The molecule has 0 aliphatic rings. The Morgan fingerprint density at radius 1 is 0.258 bits per heavy atom. The fraction of sp³-hybridized carbons (Fsp3) is 0. The van der Waals surface area contributed by atoms with Crippen LogP contribution in [0.1, 0.15) is 0 Å². The summed E-state index contributed by atoms with van der Waals surface area (Å²) in [7, 11) is 0. The third kappa shape index (κ3) is 5.96. The van der Waals surface area contributed by atoms with Gasteiger partial charge in [-0.3, -0.25) is 0 Å². The summed E-state index contributed by atoms with van der Waals surface area (Å²) in [5.41, 5.74) is 16.2. The van der Waals surface area contributed by atoms with Crippen molar-refractivity contribution < 1.29 is 0 Å². The number of benzene rings is 12. The summed E-state index contributed by atoms with van der Waals surface area (Å²) in [5.74, 6) is 0. The van der Waals surface area contributed by atoms with Crippen molar-refractivity contribution in [2.75, 3.05) is 4.90 Å². The number of fused-ring (bicyclic) bond motifs is 3. The van der Waals surface area contributed by atoms with Gasteiger partial charge in [0.15, 0.2) is 0 Å². The molecule has 1 heterocycles. The molecule has 0 bridgehead atoms. The first-order valence-corrected chi connectivity index (χ1v) is 22.8. The van der Waals surface area contributed by atoms with E-state index in [1.54, 1.807) is 0 Å². The maximum absolute atomic E-state index is 2.61. The van der Waals surface area contributed by atoms with Crippen LogP contribution in [0.5, 0.6) is 0 Å². The summed E-state index contributed by atoms with van der Waals surface area (Å²) < 4.78 is 2.47. The molecular formula is C64H42N2. The fourth-order valence-electron chi connectivity index (χ4n) is 10.7. The molecule has 0 spiro atoms. The van der Waals surface area contributed by atoms with Gasteiger partial charge < -0.3 is 9.47 Å². The van der Waals surface area contributed by atoms with Crippen LogP contribution in [0.2, 0.25) is 0 Å². The predicted molar refractivity (Wildman–Crippen MR) is 281 cm³/mol. The van der Waals surface area contributed by atoms with Gasteiger partial charge in [0.25, 0.3) is 0 Å². The molecule has 66 heavy (non-hydrogen) atoms. The SMILES string of the molecule is c1ccc(-c2cccc(-c3ccccc3)c2N(c2c(-c3ccccc3)cccc2-c2ccccc2)c2ccc3ccc4c(-n5c6ccccc6c6ccccc65)ccc5ccc2c3c54)cc1. The molecule has 0 unspecified atom stereocenters. The monoisotopic (exact) mass is 838 g/mol. The molecule has 0 fully saturated rings. The minimum absolute atomic E-state index is 1.11. The zero-order valence-electron chi connectivity index (χ0n) is 36.1. The zero-order valence-corrected chi connectivity index (χ0v) is 36.1. The molecule has 0 radical (unpaired) electrons. The van der Waals surface area contributed by atoms with Crippen LogP contribution >= 0.6 is 0 Å². The number of rotatable bonds is 8. The highest BCUT2D eigenvalue weighted by atomic mass is 15.2. The van der Waals surface area contributed by atoms with E-state index in [1.807, 2.05) is 0 Å². The van der Waals surface area contributed by atoms with Crippen LogP contribution in [0.15, 0.2) is 255 Å². The maximum atomic E-state index is 2.61. The largest absolute Gasteiger partial charge is 0.309 e. The Morgan fingerprint density at radius 2 is 0.621 bits per heavy atom. The minimum atomic E-state index is 1.11. The average Bonchev–Trinajstić information content (AvgIpc) is 3.73. The second kappa shape index (κ2) is 15.5. The standard InChI is InChI=1S/C64H42N2/c1-5-19-43(20-6-1)49-29-17-30-50(44-21-7-2-8-22-44)63(49)66(64-51(45-23-9-3-10-24-45)31-18-32-52(64)46-25-11-4-12-26-46)60-42-38-48-35-39-55-59(41-37-47-36-40-56(60)62(48)61(47)55)65-57-33-15-13-27-53(57)54-28-14-16-34-58(54)65/h1-42H. The van der Waals surface area contributed by atoms with E-state index in [1.165, 1.54) is 59.8 Å². The van der Waals surface area contributed by atoms with Crippen LogP contribution in [0.3, 0.4) is 0 Å². The predicted octanol–water partition coefficient (Wildman–Crippen LogP) is 17.8. The zero-order chi connectivity index (χ0) is 43.6. The van der Waals surface area contributed by atoms with Crippen molar-refractivity contribution in [3.63, 3.8) is 0 Å². The number of hydrogen-bond acceptors (Lipinski definition) is 1. The summed E-state index contributed by atoms with van der Waals surface area (Å²) in [6.07, 6.45) is 0. The third-order valence-electron chi connectivity index (χ3n) is 13.5. The van der Waals surface area contributed by atoms with Gasteiger partial charge in [0, 0.05) is 43.8 Å². The molecule has 0 aliphatic carbocycles.